The van der Waals surface area contributed by atoms with Crippen LogP contribution in [0.1, 0.15) is 26.2 Å². The molecule has 0 aliphatic carbocycles. The largest absolute Gasteiger partial charge is 0.370 e. The number of carbonyl (C=O) groups excluding carboxylic acids is 1. The molecule has 0 bridgehead atoms. The first-order chi connectivity index (χ1) is 6.18. The van der Waals surface area contributed by atoms with Gasteiger partial charge in [-0.2, -0.15) is 11.8 Å². The molecule has 0 spiro atoms. The van der Waals surface area contributed by atoms with Gasteiger partial charge in [0.05, 0.1) is 0 Å². The number of rotatable bonds is 4. The van der Waals surface area contributed by atoms with Crippen LogP contribution in [0.25, 0.3) is 0 Å². The van der Waals surface area contributed by atoms with E-state index < -0.39 is 0 Å². The second-order valence-corrected chi connectivity index (χ2v) is 4.80. The second kappa shape index (κ2) is 5.50. The average molecular weight is 202 g/mol. The summed E-state index contributed by atoms with van der Waals surface area (Å²) >= 11 is 1.99. The number of nitrogens with two attached hydrogens (primary N) is 1. The van der Waals surface area contributed by atoms with E-state index in [1.54, 1.807) is 0 Å². The quantitative estimate of drug-likeness (QED) is 0.707. The normalized spacial score (nSPS) is 25.5. The fourth-order valence-corrected chi connectivity index (χ4v) is 2.72. The van der Waals surface area contributed by atoms with Crippen molar-refractivity contribution in [1.82, 2.24) is 5.32 Å². The van der Waals surface area contributed by atoms with Crippen LogP contribution >= 0.6 is 11.8 Å². The molecule has 1 amide bonds. The minimum Gasteiger partial charge on any atom is -0.370 e. The summed E-state index contributed by atoms with van der Waals surface area (Å²) in [7, 11) is 0. The molecule has 4 heteroatoms. The van der Waals surface area contributed by atoms with Crippen LogP contribution in [-0.4, -0.2) is 29.5 Å². The van der Waals surface area contributed by atoms with E-state index >= 15 is 0 Å². The van der Waals surface area contributed by atoms with E-state index in [2.05, 4.69) is 5.32 Å². The van der Waals surface area contributed by atoms with Crippen molar-refractivity contribution in [2.45, 2.75) is 38.3 Å². The summed E-state index contributed by atoms with van der Waals surface area (Å²) in [5.41, 5.74) is 5.11. The van der Waals surface area contributed by atoms with Gasteiger partial charge in [0.1, 0.15) is 0 Å². The van der Waals surface area contributed by atoms with Gasteiger partial charge in [0.15, 0.2) is 0 Å². The molecule has 1 aliphatic heterocycles. The number of nitrogens with one attached hydrogen (secondary N) is 1. The Morgan fingerprint density at radius 3 is 3.08 bits per heavy atom. The van der Waals surface area contributed by atoms with Crippen molar-refractivity contribution in [3.63, 3.8) is 0 Å². The SMILES string of the molecule is CC(CC(N)=O)NC1CCCSC1. The molecule has 1 rings (SSSR count). The Morgan fingerprint density at radius 2 is 2.54 bits per heavy atom. The van der Waals surface area contributed by atoms with Crippen molar-refractivity contribution in [2.75, 3.05) is 11.5 Å². The highest BCUT2D eigenvalue weighted by molar-refractivity contribution is 7.99. The van der Waals surface area contributed by atoms with E-state index in [1.165, 1.54) is 24.3 Å². The molecular weight excluding hydrogens is 184 g/mol. The average Bonchev–Trinajstić information content (AvgIpc) is 2.04. The van der Waals surface area contributed by atoms with Crippen molar-refractivity contribution in [2.24, 2.45) is 5.73 Å². The van der Waals surface area contributed by atoms with Crippen LogP contribution in [0.2, 0.25) is 0 Å². The predicted molar refractivity (Wildman–Crippen MR) is 56.8 cm³/mol. The molecule has 3 nitrogen and oxygen atoms in total. The fraction of sp³-hybridized carbons (Fsp3) is 0.889. The molecule has 1 saturated heterocycles. The Labute approximate surface area is 83.8 Å². The monoisotopic (exact) mass is 202 g/mol. The standard InChI is InChI=1S/C9H18N2OS/c1-7(5-9(10)12)11-8-3-2-4-13-6-8/h7-8,11H,2-6H2,1H3,(H2,10,12). The maximum Gasteiger partial charge on any atom is 0.218 e. The van der Waals surface area contributed by atoms with Crippen molar-refractivity contribution >= 4 is 17.7 Å². The van der Waals surface area contributed by atoms with E-state index in [-0.39, 0.29) is 11.9 Å². The van der Waals surface area contributed by atoms with Gasteiger partial charge in [-0.1, -0.05) is 0 Å². The van der Waals surface area contributed by atoms with Crippen molar-refractivity contribution in [3.05, 3.63) is 0 Å². The smallest absolute Gasteiger partial charge is 0.218 e. The third kappa shape index (κ3) is 4.52. The molecule has 1 heterocycles. The highest BCUT2D eigenvalue weighted by atomic mass is 32.2. The molecule has 76 valence electrons. The van der Waals surface area contributed by atoms with Crippen LogP contribution < -0.4 is 11.1 Å². The Hall–Kier alpha value is -0.220. The summed E-state index contributed by atoms with van der Waals surface area (Å²) in [6, 6.07) is 0.800. The minimum atomic E-state index is -0.219. The van der Waals surface area contributed by atoms with Gasteiger partial charge in [-0.15, -0.1) is 0 Å². The van der Waals surface area contributed by atoms with E-state index in [0.29, 0.717) is 12.5 Å². The van der Waals surface area contributed by atoms with Gasteiger partial charge in [-0.25, -0.2) is 0 Å². The number of hydrogen-bond donors (Lipinski definition) is 2. The zero-order valence-electron chi connectivity index (χ0n) is 8.08. The molecule has 13 heavy (non-hydrogen) atoms. The molecule has 1 fully saturated rings. The molecule has 0 radical (unpaired) electrons. The zero-order valence-corrected chi connectivity index (χ0v) is 8.90. The summed E-state index contributed by atoms with van der Waals surface area (Å²) in [5, 5.41) is 3.43. The van der Waals surface area contributed by atoms with Crippen LogP contribution in [0, 0.1) is 0 Å². The number of amides is 1. The van der Waals surface area contributed by atoms with Gasteiger partial charge in [0.2, 0.25) is 5.91 Å². The van der Waals surface area contributed by atoms with Crippen LogP contribution in [0.15, 0.2) is 0 Å². The van der Waals surface area contributed by atoms with Crippen LogP contribution in [0.4, 0.5) is 0 Å². The predicted octanol–water partition coefficient (Wildman–Crippen LogP) is 0.735. The van der Waals surface area contributed by atoms with E-state index in [4.69, 9.17) is 5.73 Å². The Bertz CT molecular complexity index is 169. The number of primary amides is 1. The lowest BCUT2D eigenvalue weighted by Gasteiger charge is -2.25. The van der Waals surface area contributed by atoms with E-state index in [9.17, 15) is 4.79 Å². The topological polar surface area (TPSA) is 55.1 Å². The molecule has 0 aromatic carbocycles. The first-order valence-electron chi connectivity index (χ1n) is 4.80. The van der Waals surface area contributed by atoms with Gasteiger partial charge < -0.3 is 11.1 Å². The third-order valence-corrected chi connectivity index (χ3v) is 3.40. The number of hydrogen-bond acceptors (Lipinski definition) is 3. The lowest BCUT2D eigenvalue weighted by Crippen LogP contribution is -2.41. The molecule has 1 aliphatic rings. The van der Waals surface area contributed by atoms with E-state index in [1.807, 2.05) is 18.7 Å². The van der Waals surface area contributed by atoms with Gasteiger partial charge in [-0.05, 0) is 25.5 Å². The molecule has 2 atom stereocenters. The Kier molecular flexibility index (Phi) is 4.59. The molecule has 2 unspecified atom stereocenters. The first-order valence-corrected chi connectivity index (χ1v) is 5.96. The molecule has 0 aromatic rings. The van der Waals surface area contributed by atoms with Crippen LogP contribution in [0.5, 0.6) is 0 Å². The first kappa shape index (κ1) is 10.9. The number of thioether (sulfide) groups is 1. The molecule has 0 saturated carbocycles. The summed E-state index contributed by atoms with van der Waals surface area (Å²) in [5.74, 6) is 2.23. The Balaban J connectivity index is 2.18. The summed E-state index contributed by atoms with van der Waals surface area (Å²) in [6.45, 7) is 2.02. The molecule has 3 N–H and O–H groups in total. The van der Waals surface area contributed by atoms with Crippen molar-refractivity contribution in [3.8, 4) is 0 Å². The highest BCUT2D eigenvalue weighted by Crippen LogP contribution is 2.17. The lowest BCUT2D eigenvalue weighted by molar-refractivity contribution is -0.118. The summed E-state index contributed by atoms with van der Waals surface area (Å²) < 4.78 is 0. The van der Waals surface area contributed by atoms with Crippen LogP contribution in [0.3, 0.4) is 0 Å². The minimum absolute atomic E-state index is 0.219. The van der Waals surface area contributed by atoms with Crippen molar-refractivity contribution < 1.29 is 4.79 Å². The maximum atomic E-state index is 10.6. The summed E-state index contributed by atoms with van der Waals surface area (Å²) in [4.78, 5) is 10.6. The van der Waals surface area contributed by atoms with E-state index in [0.717, 1.165) is 0 Å². The zero-order chi connectivity index (χ0) is 9.68. The van der Waals surface area contributed by atoms with Gasteiger partial charge in [0, 0.05) is 24.3 Å². The maximum absolute atomic E-state index is 10.6. The summed E-state index contributed by atoms with van der Waals surface area (Å²) in [6.07, 6.45) is 2.96. The lowest BCUT2D eigenvalue weighted by atomic mass is 10.1. The fourth-order valence-electron chi connectivity index (χ4n) is 1.64. The van der Waals surface area contributed by atoms with Crippen molar-refractivity contribution in [1.29, 1.82) is 0 Å². The van der Waals surface area contributed by atoms with Gasteiger partial charge in [0.25, 0.3) is 0 Å². The van der Waals surface area contributed by atoms with Crippen LogP contribution in [-0.2, 0) is 4.79 Å². The Morgan fingerprint density at radius 1 is 1.77 bits per heavy atom. The molecular formula is C9H18N2OS. The van der Waals surface area contributed by atoms with Gasteiger partial charge >= 0.3 is 0 Å². The third-order valence-electron chi connectivity index (χ3n) is 2.19. The van der Waals surface area contributed by atoms with Gasteiger partial charge in [-0.3, -0.25) is 4.79 Å². The second-order valence-electron chi connectivity index (χ2n) is 3.65. The number of carbonyl (C=O) groups is 1. The highest BCUT2D eigenvalue weighted by Gasteiger charge is 2.16. The molecule has 0 aromatic heterocycles.